The Balaban J connectivity index is 0.00000184. The summed E-state index contributed by atoms with van der Waals surface area (Å²) in [6, 6.07) is -0.445. The lowest BCUT2D eigenvalue weighted by atomic mass is 9.47. The number of aliphatic hydroxyl groups excluding tert-OH is 1. The lowest BCUT2D eigenvalue weighted by Gasteiger charge is -2.58. The summed E-state index contributed by atoms with van der Waals surface area (Å²) < 4.78 is 122. The van der Waals surface area contributed by atoms with Gasteiger partial charge in [0.25, 0.3) is 0 Å². The molecule has 12 N–H and O–H groups in total. The second-order valence-corrected chi connectivity index (χ2v) is 38.6. The SMILES string of the molecule is C.C.CC(=O)[C@@H](N)CSSCCC(=O)NCCOCCOCCOCCOCCOCCOCCOCCOCCOCCOCCn1cc(C)nn1.COP(=O)(O)OCCC(O)CCNC(=O)OC1CC[C@@]2(C)C(=CCC3C2CC[C@@]2(C)C3CC[C@@H]2[C@@H](C)CCCC(C)C)C1.COP(=O)(O)OCCCCCCN.COP(=O)(O)OCCCCCCN. The van der Waals surface area contributed by atoms with Crippen molar-refractivity contribution < 1.29 is 127 Å². The van der Waals surface area contributed by atoms with Crippen LogP contribution >= 0.6 is 45.1 Å². The zero-order chi connectivity index (χ0) is 88.6. The molecule has 4 aliphatic carbocycles. The van der Waals surface area contributed by atoms with Crippen LogP contribution < -0.4 is 27.8 Å². The molecule has 5 rings (SSSR count). The second-order valence-electron chi connectivity index (χ2n) is 31.2. The Kier molecular flexibility index (Phi) is 72.1. The fraction of sp³-hybridized carbons (Fsp3) is 0.915. The Morgan fingerprint density at radius 3 is 1.51 bits per heavy atom. The zero-order valence-electron chi connectivity index (χ0n) is 74.0. The molecule has 0 aromatic carbocycles. The van der Waals surface area contributed by atoms with E-state index in [1.165, 1.54) is 85.5 Å². The largest absolute Gasteiger partial charge is 0.471 e. The quantitative estimate of drug-likeness (QED) is 0.0127. The van der Waals surface area contributed by atoms with Gasteiger partial charge in [-0.3, -0.25) is 36.7 Å². The molecule has 722 valence electrons. The third-order valence-corrected chi connectivity index (χ3v) is 27.0. The van der Waals surface area contributed by atoms with Gasteiger partial charge in [0.1, 0.15) is 11.9 Å². The predicted octanol–water partition coefficient (Wildman–Crippen LogP) is 12.4. The van der Waals surface area contributed by atoms with Crippen LogP contribution in [0.4, 0.5) is 4.79 Å². The molecule has 0 aliphatic heterocycles. The number of ether oxygens (including phenoxy) is 11. The fourth-order valence-electron chi connectivity index (χ4n) is 15.0. The molecule has 35 nitrogen and oxygen atoms in total. The average Bonchev–Trinajstić information content (AvgIpc) is 1.39. The molecule has 0 spiro atoms. The Bertz CT molecular complexity index is 2900. The number of fused-ring (bicyclic) bond motifs is 5. The number of Topliss-reactive ketones (excluding diaryl/α,β-unsaturated/α-hetero) is 1. The van der Waals surface area contributed by atoms with Gasteiger partial charge in [0.05, 0.1) is 176 Å². The number of carbonyl (C=O) groups is 3. The van der Waals surface area contributed by atoms with Gasteiger partial charge in [0.2, 0.25) is 5.91 Å². The van der Waals surface area contributed by atoms with E-state index in [4.69, 9.17) is 83.6 Å². The first kappa shape index (κ1) is 120. The number of alkyl carbamates (subject to hydrolysis) is 1. The maximum atomic E-state index is 12.5. The lowest BCUT2D eigenvalue weighted by Crippen LogP contribution is -2.51. The highest BCUT2D eigenvalue weighted by Gasteiger charge is 2.59. The number of hydrogen-bond donors (Lipinski definition) is 9. The number of unbranched alkanes of at least 4 members (excludes halogenated alkanes) is 6. The van der Waals surface area contributed by atoms with Gasteiger partial charge in [0, 0.05) is 65.0 Å². The van der Waals surface area contributed by atoms with E-state index < -0.39 is 41.7 Å². The van der Waals surface area contributed by atoms with Gasteiger partial charge in [-0.2, -0.15) is 0 Å². The molecule has 0 saturated heterocycles. The summed E-state index contributed by atoms with van der Waals surface area (Å²) in [6.45, 7) is 28.7. The Labute approximate surface area is 739 Å². The van der Waals surface area contributed by atoms with Crippen molar-refractivity contribution in [1.29, 1.82) is 0 Å². The Hall–Kier alpha value is -2.24. The van der Waals surface area contributed by atoms with E-state index in [1.54, 1.807) is 4.68 Å². The Morgan fingerprint density at radius 1 is 0.574 bits per heavy atom. The van der Waals surface area contributed by atoms with Crippen LogP contribution in [0.5, 0.6) is 0 Å². The molecule has 0 bridgehead atoms. The topological polar surface area (TPSA) is 473 Å². The molecule has 3 fully saturated rings. The standard InChI is InChI=1S/C34H60NO7P.C32H61N5O12S2.2C7H18NO4P.2CH4/c1-23(2)8-7-9-24(3)29-12-13-30-28-11-10-25-22-27(14-18-33(25,4)31(28)15-19-34(29,30)5)42-32(37)35-20-16-26(36)17-21-41-43(38,39)40-6;1-29-27-37(36-35-29)5-7-41-9-11-43-13-15-45-17-19-47-21-23-49-25-24-48-22-20-46-18-16-44-14-12-42-10-8-40-6-4-34-32(39)3-26-50-51-28-31(33)30(2)38;2*1-11-13(9,10)12-7-5-3-2-4-6-8;;/h10,23-24,26-31,36H,7-9,11-22H2,1-6H3,(H,35,37)(H,38,39);27,31H,3-26,28,33H2,1-2H3,(H,34,39);2*2-8H2,1H3,(H,9,10);2*1H4/t24-,26?,27?,28?,29+,30?,31?,33-,34+;31-;;;;/m00..../s1. The number of amides is 2. The number of aliphatic hydroxyl groups is 1. The van der Waals surface area contributed by atoms with Gasteiger partial charge in [-0.1, -0.05) is 133 Å². The molecule has 122 heavy (non-hydrogen) atoms. The van der Waals surface area contributed by atoms with Crippen LogP contribution in [0.3, 0.4) is 0 Å². The monoisotopic (exact) mass is 1850 g/mol. The number of aryl methyl sites for hydroxylation is 1. The second kappa shape index (κ2) is 73.4. The van der Waals surface area contributed by atoms with Crippen LogP contribution in [0.25, 0.3) is 0 Å². The van der Waals surface area contributed by atoms with Crippen molar-refractivity contribution in [3.63, 3.8) is 0 Å². The van der Waals surface area contributed by atoms with Crippen molar-refractivity contribution in [2.24, 2.45) is 63.5 Å². The van der Waals surface area contributed by atoms with Crippen molar-refractivity contribution in [2.45, 2.75) is 229 Å². The predicted molar refractivity (Wildman–Crippen MR) is 478 cm³/mol. The molecular weight excluding hydrogens is 1690 g/mol. The summed E-state index contributed by atoms with van der Waals surface area (Å²) in [5, 5.41) is 23.5. The van der Waals surface area contributed by atoms with Crippen LogP contribution in [0.15, 0.2) is 17.8 Å². The van der Waals surface area contributed by atoms with Gasteiger partial charge in [0.15, 0.2) is 0 Å². The molecule has 0 radical (unpaired) electrons. The first-order valence-electron chi connectivity index (χ1n) is 43.2. The highest BCUT2D eigenvalue weighted by Crippen LogP contribution is 2.67. The maximum Gasteiger partial charge on any atom is 0.471 e. The van der Waals surface area contributed by atoms with Crippen molar-refractivity contribution in [3.05, 3.63) is 23.5 Å². The molecule has 40 heteroatoms. The Morgan fingerprint density at radius 2 is 1.05 bits per heavy atom. The van der Waals surface area contributed by atoms with Gasteiger partial charge in [-0.25, -0.2) is 23.2 Å². The van der Waals surface area contributed by atoms with Crippen molar-refractivity contribution in [1.82, 2.24) is 25.6 Å². The number of nitrogens with two attached hydrogens (primary N) is 3. The molecule has 3 saturated carbocycles. The van der Waals surface area contributed by atoms with Gasteiger partial charge in [-0.05, 0) is 157 Å². The molecule has 4 aliphatic rings. The third kappa shape index (κ3) is 57.7. The minimum Gasteiger partial charge on any atom is -0.446 e. The number of carbonyl (C=O) groups excluding carboxylic acids is 3. The normalized spacial score (nSPS) is 21.2. The van der Waals surface area contributed by atoms with Gasteiger partial charge in [-0.15, -0.1) is 5.10 Å². The number of nitrogens with zero attached hydrogens (tertiary/aromatic N) is 3. The van der Waals surface area contributed by atoms with Crippen molar-refractivity contribution in [3.8, 4) is 0 Å². The fourth-order valence-corrected chi connectivity index (χ4v) is 18.5. The third-order valence-electron chi connectivity index (χ3n) is 21.7. The number of rotatable bonds is 70. The highest BCUT2D eigenvalue weighted by molar-refractivity contribution is 8.76. The number of allylic oxidation sites excluding steroid dienone is 1. The van der Waals surface area contributed by atoms with Gasteiger partial charge < -0.3 is 99.7 Å². The van der Waals surface area contributed by atoms with E-state index in [0.29, 0.717) is 188 Å². The van der Waals surface area contributed by atoms with Crippen LogP contribution in [-0.2, 0) is 109 Å². The summed E-state index contributed by atoms with van der Waals surface area (Å²) in [4.78, 5) is 62.3. The van der Waals surface area contributed by atoms with E-state index in [9.17, 15) is 38.1 Å². The van der Waals surface area contributed by atoms with E-state index in [1.807, 2.05) is 13.1 Å². The number of phosphoric acid groups is 3. The molecule has 13 atom stereocenters. The molecular formula is C82H165N8O27P3S2. The average molecular weight is 1850 g/mol. The van der Waals surface area contributed by atoms with Crippen LogP contribution in [0, 0.1) is 53.3 Å². The van der Waals surface area contributed by atoms with E-state index in [-0.39, 0.29) is 70.8 Å². The van der Waals surface area contributed by atoms with Crippen LogP contribution in [0.2, 0.25) is 0 Å². The number of nitrogens with one attached hydrogen (secondary N) is 2. The van der Waals surface area contributed by atoms with Crippen LogP contribution in [-0.4, -0.2) is 282 Å². The van der Waals surface area contributed by atoms with Gasteiger partial charge >= 0.3 is 29.6 Å². The van der Waals surface area contributed by atoms with Crippen LogP contribution in [0.1, 0.15) is 203 Å². The summed E-state index contributed by atoms with van der Waals surface area (Å²) in [5.41, 5.74) is 19.4. The summed E-state index contributed by atoms with van der Waals surface area (Å²) in [6.07, 6.45) is 25.0. The molecule has 1 aromatic heterocycles. The molecule has 2 amide bonds. The van der Waals surface area contributed by atoms with E-state index in [2.05, 4.69) is 84.3 Å². The number of aromatic nitrogens is 3. The molecule has 1 aromatic rings. The molecule has 1 heterocycles. The highest BCUT2D eigenvalue weighted by atomic mass is 33.1. The number of hydrogen-bond acceptors (Lipinski definition) is 31. The smallest absolute Gasteiger partial charge is 0.446 e. The number of ketones is 1. The molecule has 8 unspecified atom stereocenters. The first-order chi connectivity index (χ1) is 57.5. The minimum atomic E-state index is -4.04. The lowest BCUT2D eigenvalue weighted by molar-refractivity contribution is -0.121. The zero-order valence-corrected chi connectivity index (χ0v) is 78.3. The maximum absolute atomic E-state index is 12.5. The summed E-state index contributed by atoms with van der Waals surface area (Å²) in [5.74, 6) is 6.03. The first-order valence-corrected chi connectivity index (χ1v) is 50.2. The van der Waals surface area contributed by atoms with E-state index in [0.717, 1.165) is 133 Å². The van der Waals surface area contributed by atoms with E-state index >= 15 is 0 Å². The van der Waals surface area contributed by atoms with Crippen molar-refractivity contribution in [2.75, 3.05) is 211 Å². The summed E-state index contributed by atoms with van der Waals surface area (Å²) in [7, 11) is -5.12. The number of phosphoric ester groups is 3. The minimum absolute atomic E-state index is 0. The van der Waals surface area contributed by atoms with Crippen molar-refractivity contribution >= 4 is 62.8 Å². The summed E-state index contributed by atoms with van der Waals surface area (Å²) >= 11 is 0.